The van der Waals surface area contributed by atoms with E-state index in [4.69, 9.17) is 21.4 Å². The molecule has 0 spiro atoms. The second-order valence-corrected chi connectivity index (χ2v) is 4.37. The molecular formula is C14H12ClFO2. The zero-order chi connectivity index (χ0) is 13.1. The highest BCUT2D eigenvalue weighted by Gasteiger charge is 2.08. The zero-order valence-electron chi connectivity index (χ0n) is 9.78. The average molecular weight is 267 g/mol. The van der Waals surface area contributed by atoms with Gasteiger partial charge in [0, 0.05) is 0 Å². The molecule has 0 saturated carbocycles. The van der Waals surface area contributed by atoms with Gasteiger partial charge in [-0.15, -0.1) is 0 Å². The van der Waals surface area contributed by atoms with E-state index in [1.807, 2.05) is 6.92 Å². The van der Waals surface area contributed by atoms with E-state index in [1.54, 1.807) is 30.3 Å². The monoisotopic (exact) mass is 266 g/mol. The number of rotatable bonds is 3. The second kappa shape index (κ2) is 5.38. The Morgan fingerprint density at radius 3 is 2.61 bits per heavy atom. The van der Waals surface area contributed by atoms with Gasteiger partial charge in [0.05, 0.1) is 11.6 Å². The van der Waals surface area contributed by atoms with E-state index in [1.165, 1.54) is 6.07 Å². The van der Waals surface area contributed by atoms with Crippen LogP contribution in [0.4, 0.5) is 4.39 Å². The van der Waals surface area contributed by atoms with Gasteiger partial charge in [0.2, 0.25) is 0 Å². The standard InChI is InChI=1S/C14H12ClFO2/c1-9-2-4-12(16)14(6-9)18-13-5-3-10(8-17)7-11(13)15/h2-7,17H,8H2,1H3. The van der Waals surface area contributed by atoms with Crippen LogP contribution in [0.3, 0.4) is 0 Å². The van der Waals surface area contributed by atoms with Crippen LogP contribution >= 0.6 is 11.6 Å². The molecule has 0 amide bonds. The third-order valence-corrected chi connectivity index (χ3v) is 2.78. The van der Waals surface area contributed by atoms with Gasteiger partial charge >= 0.3 is 0 Å². The molecular weight excluding hydrogens is 255 g/mol. The molecule has 0 aliphatic carbocycles. The zero-order valence-corrected chi connectivity index (χ0v) is 10.5. The Bertz CT molecular complexity index is 570. The topological polar surface area (TPSA) is 29.5 Å². The first-order valence-corrected chi connectivity index (χ1v) is 5.81. The van der Waals surface area contributed by atoms with Crippen LogP contribution in [0, 0.1) is 12.7 Å². The van der Waals surface area contributed by atoms with Crippen LogP contribution in [0.2, 0.25) is 5.02 Å². The third-order valence-electron chi connectivity index (χ3n) is 2.49. The summed E-state index contributed by atoms with van der Waals surface area (Å²) in [6.45, 7) is 1.75. The van der Waals surface area contributed by atoms with Crippen LogP contribution in [-0.2, 0) is 6.61 Å². The van der Waals surface area contributed by atoms with E-state index in [2.05, 4.69) is 0 Å². The molecule has 0 aliphatic heterocycles. The Morgan fingerprint density at radius 1 is 1.17 bits per heavy atom. The van der Waals surface area contributed by atoms with Crippen molar-refractivity contribution in [3.05, 3.63) is 58.4 Å². The van der Waals surface area contributed by atoms with Crippen molar-refractivity contribution >= 4 is 11.6 Å². The lowest BCUT2D eigenvalue weighted by atomic mass is 10.2. The van der Waals surface area contributed by atoms with Gasteiger partial charge in [0.25, 0.3) is 0 Å². The lowest BCUT2D eigenvalue weighted by Gasteiger charge is -2.10. The molecule has 0 unspecified atom stereocenters. The van der Waals surface area contributed by atoms with Crippen LogP contribution in [0.1, 0.15) is 11.1 Å². The van der Waals surface area contributed by atoms with Crippen molar-refractivity contribution in [1.29, 1.82) is 0 Å². The van der Waals surface area contributed by atoms with Crippen molar-refractivity contribution in [3.63, 3.8) is 0 Å². The fourth-order valence-corrected chi connectivity index (χ4v) is 1.77. The molecule has 4 heteroatoms. The van der Waals surface area contributed by atoms with Crippen LogP contribution in [0.5, 0.6) is 11.5 Å². The number of aryl methyl sites for hydroxylation is 1. The highest BCUT2D eigenvalue weighted by Crippen LogP contribution is 2.31. The van der Waals surface area contributed by atoms with Crippen molar-refractivity contribution in [2.75, 3.05) is 0 Å². The summed E-state index contributed by atoms with van der Waals surface area (Å²) in [6.07, 6.45) is 0. The van der Waals surface area contributed by atoms with Crippen LogP contribution in [-0.4, -0.2) is 5.11 Å². The number of aliphatic hydroxyl groups is 1. The Hall–Kier alpha value is -1.58. The van der Waals surface area contributed by atoms with Gasteiger partial charge in [-0.25, -0.2) is 4.39 Å². The van der Waals surface area contributed by atoms with Crippen LogP contribution < -0.4 is 4.74 Å². The molecule has 0 heterocycles. The molecule has 0 aromatic heterocycles. The van der Waals surface area contributed by atoms with E-state index in [9.17, 15) is 4.39 Å². The predicted molar refractivity (Wildman–Crippen MR) is 68.6 cm³/mol. The SMILES string of the molecule is Cc1ccc(F)c(Oc2ccc(CO)cc2Cl)c1. The molecule has 2 rings (SSSR count). The first kappa shape index (κ1) is 12.9. The van der Waals surface area contributed by atoms with E-state index < -0.39 is 5.82 Å². The fourth-order valence-electron chi connectivity index (χ4n) is 1.53. The highest BCUT2D eigenvalue weighted by molar-refractivity contribution is 6.32. The highest BCUT2D eigenvalue weighted by atomic mass is 35.5. The first-order chi connectivity index (χ1) is 8.60. The number of ether oxygens (including phenoxy) is 1. The normalized spacial score (nSPS) is 10.4. The summed E-state index contributed by atoms with van der Waals surface area (Å²) in [5.74, 6) is 0.0508. The minimum absolute atomic E-state index is 0.0984. The minimum atomic E-state index is -0.442. The molecule has 1 N–H and O–H groups in total. The van der Waals surface area contributed by atoms with E-state index in [0.717, 1.165) is 5.56 Å². The van der Waals surface area contributed by atoms with Gasteiger partial charge in [-0.3, -0.25) is 0 Å². The van der Waals surface area contributed by atoms with E-state index in [0.29, 0.717) is 16.3 Å². The largest absolute Gasteiger partial charge is 0.453 e. The molecule has 0 bridgehead atoms. The molecule has 0 radical (unpaired) electrons. The van der Waals surface area contributed by atoms with Gasteiger partial charge < -0.3 is 9.84 Å². The molecule has 0 fully saturated rings. The molecule has 0 saturated heterocycles. The van der Waals surface area contributed by atoms with Gasteiger partial charge in [-0.05, 0) is 42.3 Å². The van der Waals surface area contributed by atoms with Gasteiger partial charge in [-0.2, -0.15) is 0 Å². The minimum Gasteiger partial charge on any atom is -0.453 e. The van der Waals surface area contributed by atoms with E-state index in [-0.39, 0.29) is 12.4 Å². The Labute approximate surface area is 110 Å². The number of hydrogen-bond donors (Lipinski definition) is 1. The van der Waals surface area contributed by atoms with Crippen molar-refractivity contribution in [3.8, 4) is 11.5 Å². The van der Waals surface area contributed by atoms with Crippen molar-refractivity contribution in [2.24, 2.45) is 0 Å². The predicted octanol–water partition coefficient (Wildman–Crippen LogP) is 4.07. The van der Waals surface area contributed by atoms with Gasteiger partial charge in [0.15, 0.2) is 11.6 Å². The lowest BCUT2D eigenvalue weighted by Crippen LogP contribution is -1.91. The summed E-state index contributed by atoms with van der Waals surface area (Å²) < 4.78 is 19.0. The lowest BCUT2D eigenvalue weighted by molar-refractivity contribution is 0.281. The Balaban J connectivity index is 2.31. The summed E-state index contributed by atoms with van der Waals surface area (Å²) in [4.78, 5) is 0. The molecule has 2 aromatic rings. The van der Waals surface area contributed by atoms with Gasteiger partial charge in [0.1, 0.15) is 5.75 Å². The molecule has 94 valence electrons. The molecule has 0 atom stereocenters. The Morgan fingerprint density at radius 2 is 1.94 bits per heavy atom. The average Bonchev–Trinajstić information content (AvgIpc) is 2.36. The molecule has 2 aromatic carbocycles. The van der Waals surface area contributed by atoms with Crippen molar-refractivity contribution in [2.45, 2.75) is 13.5 Å². The van der Waals surface area contributed by atoms with Crippen molar-refractivity contribution < 1.29 is 14.2 Å². The summed E-state index contributed by atoms with van der Waals surface area (Å²) in [5.41, 5.74) is 1.58. The fraction of sp³-hybridized carbons (Fsp3) is 0.143. The number of halogens is 2. The summed E-state index contributed by atoms with van der Waals surface area (Å²) in [6, 6.07) is 9.49. The van der Waals surface area contributed by atoms with E-state index >= 15 is 0 Å². The quantitative estimate of drug-likeness (QED) is 0.907. The second-order valence-electron chi connectivity index (χ2n) is 3.96. The third kappa shape index (κ3) is 2.81. The first-order valence-electron chi connectivity index (χ1n) is 5.43. The smallest absolute Gasteiger partial charge is 0.165 e. The summed E-state index contributed by atoms with van der Waals surface area (Å²) >= 11 is 5.99. The van der Waals surface area contributed by atoms with Crippen LogP contribution in [0.25, 0.3) is 0 Å². The maximum absolute atomic E-state index is 13.5. The summed E-state index contributed by atoms with van der Waals surface area (Å²) in [7, 11) is 0. The maximum Gasteiger partial charge on any atom is 0.165 e. The van der Waals surface area contributed by atoms with Crippen molar-refractivity contribution in [1.82, 2.24) is 0 Å². The maximum atomic E-state index is 13.5. The summed E-state index contributed by atoms with van der Waals surface area (Å²) in [5, 5.41) is 9.30. The molecule has 18 heavy (non-hydrogen) atoms. The van der Waals surface area contributed by atoms with Crippen LogP contribution in [0.15, 0.2) is 36.4 Å². The number of hydrogen-bond acceptors (Lipinski definition) is 2. The molecule has 0 aliphatic rings. The Kier molecular flexibility index (Phi) is 3.84. The number of aliphatic hydroxyl groups excluding tert-OH is 1. The van der Waals surface area contributed by atoms with Gasteiger partial charge in [-0.1, -0.05) is 23.7 Å². The number of benzene rings is 2. The molecule has 2 nitrogen and oxygen atoms in total.